The van der Waals surface area contributed by atoms with E-state index in [0.29, 0.717) is 11.5 Å². The Bertz CT molecular complexity index is 632. The maximum absolute atomic E-state index is 12.9. The van der Waals surface area contributed by atoms with Crippen molar-refractivity contribution in [2.45, 2.75) is 46.0 Å². The standard InChI is InChI=1S/C19H24N2O2/c1-14-19(2,12-15-8-6-7-9-15)18(23)21(20-14)13-17(22)16-10-4-3-5-11-16/h3-5,10-11,15H,6-9,12-13H2,1-2H3. The van der Waals surface area contributed by atoms with Gasteiger partial charge in [-0.1, -0.05) is 56.0 Å². The quantitative estimate of drug-likeness (QED) is 0.779. The lowest BCUT2D eigenvalue weighted by molar-refractivity contribution is -0.135. The van der Waals surface area contributed by atoms with Gasteiger partial charge in [0.15, 0.2) is 5.78 Å². The van der Waals surface area contributed by atoms with E-state index in [9.17, 15) is 9.59 Å². The fourth-order valence-corrected chi connectivity index (χ4v) is 3.76. The Morgan fingerprint density at radius 3 is 2.57 bits per heavy atom. The molecule has 1 aromatic rings. The number of rotatable bonds is 5. The van der Waals surface area contributed by atoms with Gasteiger partial charge >= 0.3 is 0 Å². The molecule has 1 heterocycles. The van der Waals surface area contributed by atoms with Crippen LogP contribution in [-0.2, 0) is 4.79 Å². The van der Waals surface area contributed by atoms with Gasteiger partial charge in [-0.25, -0.2) is 5.01 Å². The lowest BCUT2D eigenvalue weighted by Crippen LogP contribution is -2.39. The number of nitrogens with zero attached hydrogens (tertiary/aromatic N) is 2. The van der Waals surface area contributed by atoms with Crippen molar-refractivity contribution in [3.05, 3.63) is 35.9 Å². The summed E-state index contributed by atoms with van der Waals surface area (Å²) in [6.45, 7) is 3.93. The Hall–Kier alpha value is -1.97. The molecule has 1 aliphatic heterocycles. The fourth-order valence-electron chi connectivity index (χ4n) is 3.76. The van der Waals surface area contributed by atoms with E-state index in [-0.39, 0.29) is 18.2 Å². The zero-order valence-electron chi connectivity index (χ0n) is 13.9. The third-order valence-electron chi connectivity index (χ3n) is 5.34. The van der Waals surface area contributed by atoms with E-state index in [2.05, 4.69) is 5.10 Å². The molecule has 1 saturated carbocycles. The minimum Gasteiger partial charge on any atom is -0.292 e. The van der Waals surface area contributed by atoms with Crippen LogP contribution in [-0.4, -0.2) is 29.0 Å². The first-order valence-corrected chi connectivity index (χ1v) is 8.46. The second-order valence-electron chi connectivity index (χ2n) is 7.02. The monoisotopic (exact) mass is 312 g/mol. The zero-order chi connectivity index (χ0) is 16.4. The van der Waals surface area contributed by atoms with Crippen LogP contribution in [0.4, 0.5) is 0 Å². The third-order valence-corrected chi connectivity index (χ3v) is 5.34. The first-order valence-electron chi connectivity index (χ1n) is 8.46. The largest absolute Gasteiger partial charge is 0.292 e. The Morgan fingerprint density at radius 2 is 1.91 bits per heavy atom. The van der Waals surface area contributed by atoms with E-state index < -0.39 is 5.41 Å². The fraction of sp³-hybridized carbons (Fsp3) is 0.526. The molecule has 0 bridgehead atoms. The molecule has 0 spiro atoms. The lowest BCUT2D eigenvalue weighted by atomic mass is 9.77. The van der Waals surface area contributed by atoms with Gasteiger partial charge in [0.25, 0.3) is 5.91 Å². The van der Waals surface area contributed by atoms with Gasteiger partial charge in [0.1, 0.15) is 6.54 Å². The van der Waals surface area contributed by atoms with Crippen LogP contribution in [0.2, 0.25) is 0 Å². The molecule has 0 N–H and O–H groups in total. The van der Waals surface area contributed by atoms with E-state index in [1.165, 1.54) is 30.7 Å². The van der Waals surface area contributed by atoms with Crippen molar-refractivity contribution >= 4 is 17.4 Å². The second-order valence-corrected chi connectivity index (χ2v) is 7.02. The van der Waals surface area contributed by atoms with Gasteiger partial charge in [-0.2, -0.15) is 5.10 Å². The third kappa shape index (κ3) is 3.07. The normalized spacial score (nSPS) is 25.0. The molecular formula is C19H24N2O2. The number of hydrazone groups is 1. The van der Waals surface area contributed by atoms with Crippen molar-refractivity contribution in [1.29, 1.82) is 0 Å². The Balaban J connectivity index is 1.70. The minimum atomic E-state index is -0.536. The highest BCUT2D eigenvalue weighted by Gasteiger charge is 2.46. The number of benzene rings is 1. The highest BCUT2D eigenvalue weighted by atomic mass is 16.2. The smallest absolute Gasteiger partial charge is 0.254 e. The highest BCUT2D eigenvalue weighted by Crippen LogP contribution is 2.40. The van der Waals surface area contributed by atoms with Crippen molar-refractivity contribution in [2.24, 2.45) is 16.4 Å². The molecule has 1 unspecified atom stereocenters. The van der Waals surface area contributed by atoms with Crippen LogP contribution in [0.15, 0.2) is 35.4 Å². The SMILES string of the molecule is CC1=NN(CC(=O)c2ccccc2)C(=O)C1(C)CC1CCCC1. The molecule has 3 rings (SSSR count). The minimum absolute atomic E-state index is 0.0221. The molecule has 0 aromatic heterocycles. The Morgan fingerprint density at radius 1 is 1.26 bits per heavy atom. The van der Waals surface area contributed by atoms with Crippen molar-refractivity contribution in [2.75, 3.05) is 6.54 Å². The summed E-state index contributed by atoms with van der Waals surface area (Å²) in [6.07, 6.45) is 5.80. The lowest BCUT2D eigenvalue weighted by Gasteiger charge is -2.26. The van der Waals surface area contributed by atoms with Gasteiger partial charge in [-0.3, -0.25) is 9.59 Å². The maximum Gasteiger partial charge on any atom is 0.254 e. The van der Waals surface area contributed by atoms with Gasteiger partial charge in [-0.05, 0) is 26.2 Å². The molecule has 2 aliphatic rings. The molecule has 1 aromatic carbocycles. The van der Waals surface area contributed by atoms with Crippen molar-refractivity contribution in [3.8, 4) is 0 Å². The van der Waals surface area contributed by atoms with Crippen LogP contribution < -0.4 is 0 Å². The zero-order valence-corrected chi connectivity index (χ0v) is 13.9. The van der Waals surface area contributed by atoms with Crippen LogP contribution in [0, 0.1) is 11.3 Å². The average molecular weight is 312 g/mol. The second kappa shape index (κ2) is 6.26. The van der Waals surface area contributed by atoms with Crippen LogP contribution in [0.5, 0.6) is 0 Å². The van der Waals surface area contributed by atoms with E-state index in [0.717, 1.165) is 12.1 Å². The molecule has 1 fully saturated rings. The molecule has 4 heteroatoms. The van der Waals surface area contributed by atoms with Crippen LogP contribution in [0.3, 0.4) is 0 Å². The highest BCUT2D eigenvalue weighted by molar-refractivity contribution is 6.12. The van der Waals surface area contributed by atoms with Crippen LogP contribution in [0.25, 0.3) is 0 Å². The predicted molar refractivity (Wildman–Crippen MR) is 90.3 cm³/mol. The van der Waals surface area contributed by atoms with Crippen molar-refractivity contribution in [3.63, 3.8) is 0 Å². The summed E-state index contributed by atoms with van der Waals surface area (Å²) in [5.74, 6) is 0.519. The van der Waals surface area contributed by atoms with Crippen molar-refractivity contribution in [1.82, 2.24) is 5.01 Å². The number of carbonyl (C=O) groups excluding carboxylic acids is 2. The van der Waals surface area contributed by atoms with Gasteiger partial charge in [0.2, 0.25) is 0 Å². The molecule has 0 saturated heterocycles. The van der Waals surface area contributed by atoms with Crippen LogP contribution in [0.1, 0.15) is 56.3 Å². The van der Waals surface area contributed by atoms with E-state index in [1.54, 1.807) is 12.1 Å². The molecule has 1 atom stereocenters. The van der Waals surface area contributed by atoms with Gasteiger partial charge in [0, 0.05) is 5.56 Å². The number of hydrogen-bond donors (Lipinski definition) is 0. The summed E-state index contributed by atoms with van der Waals surface area (Å²) in [7, 11) is 0. The van der Waals surface area contributed by atoms with Gasteiger partial charge in [0.05, 0.1) is 11.1 Å². The summed E-state index contributed by atoms with van der Waals surface area (Å²) in [5, 5.41) is 5.78. The molecule has 0 radical (unpaired) electrons. The average Bonchev–Trinajstić information content (AvgIpc) is 3.12. The van der Waals surface area contributed by atoms with E-state index in [1.807, 2.05) is 32.0 Å². The molecular weight excluding hydrogens is 288 g/mol. The van der Waals surface area contributed by atoms with E-state index in [4.69, 9.17) is 0 Å². The molecule has 4 nitrogen and oxygen atoms in total. The molecule has 1 amide bonds. The summed E-state index contributed by atoms with van der Waals surface area (Å²) in [5.41, 5.74) is 0.930. The summed E-state index contributed by atoms with van der Waals surface area (Å²) >= 11 is 0. The first-order chi connectivity index (χ1) is 11.0. The Labute approximate surface area is 137 Å². The number of carbonyl (C=O) groups is 2. The number of hydrogen-bond acceptors (Lipinski definition) is 3. The first kappa shape index (κ1) is 15.9. The molecule has 23 heavy (non-hydrogen) atoms. The number of Topliss-reactive ketones (excluding diaryl/α,β-unsaturated/α-hetero) is 1. The Kier molecular flexibility index (Phi) is 4.33. The number of amides is 1. The maximum atomic E-state index is 12.9. The summed E-state index contributed by atoms with van der Waals surface area (Å²) < 4.78 is 0. The van der Waals surface area contributed by atoms with Crippen molar-refractivity contribution < 1.29 is 9.59 Å². The molecule has 122 valence electrons. The van der Waals surface area contributed by atoms with Gasteiger partial charge < -0.3 is 0 Å². The summed E-state index contributed by atoms with van der Waals surface area (Å²) in [6, 6.07) is 9.09. The van der Waals surface area contributed by atoms with E-state index >= 15 is 0 Å². The number of ketones is 1. The topological polar surface area (TPSA) is 49.7 Å². The molecule has 1 aliphatic carbocycles. The summed E-state index contributed by atoms with van der Waals surface area (Å²) in [4.78, 5) is 25.2. The van der Waals surface area contributed by atoms with Crippen LogP contribution >= 0.6 is 0 Å². The predicted octanol–water partition coefficient (Wildman–Crippen LogP) is 3.67. The van der Waals surface area contributed by atoms with Gasteiger partial charge in [-0.15, -0.1) is 0 Å².